The molecule has 17 heavy (non-hydrogen) atoms. The van der Waals surface area contributed by atoms with E-state index in [4.69, 9.17) is 11.2 Å². The van der Waals surface area contributed by atoms with E-state index in [9.17, 15) is 0 Å². The standard InChI is InChI=1S/C13H12N2OS/c1-3-7-16-12-11-9-5-4-6-10(9)17-13(11)15-8(2)14-12/h1H,4-7H2,2H3. The molecule has 4 heteroatoms. The fourth-order valence-electron chi connectivity index (χ4n) is 2.28. The van der Waals surface area contributed by atoms with Crippen LogP contribution in [0.1, 0.15) is 22.7 Å². The topological polar surface area (TPSA) is 35.0 Å². The van der Waals surface area contributed by atoms with E-state index in [1.807, 2.05) is 6.92 Å². The van der Waals surface area contributed by atoms with Crippen molar-refractivity contribution in [1.29, 1.82) is 0 Å². The molecule has 0 atom stereocenters. The highest BCUT2D eigenvalue weighted by molar-refractivity contribution is 7.19. The molecule has 0 bridgehead atoms. The number of rotatable bonds is 2. The first-order valence-electron chi connectivity index (χ1n) is 5.64. The van der Waals surface area contributed by atoms with Crippen LogP contribution < -0.4 is 4.74 Å². The van der Waals surface area contributed by atoms with E-state index in [1.54, 1.807) is 11.3 Å². The summed E-state index contributed by atoms with van der Waals surface area (Å²) in [6.45, 7) is 2.14. The van der Waals surface area contributed by atoms with Crippen molar-refractivity contribution < 1.29 is 4.74 Å². The van der Waals surface area contributed by atoms with Crippen LogP contribution in [0, 0.1) is 19.3 Å². The summed E-state index contributed by atoms with van der Waals surface area (Å²) in [6.07, 6.45) is 8.71. The van der Waals surface area contributed by atoms with E-state index >= 15 is 0 Å². The quantitative estimate of drug-likeness (QED) is 0.761. The maximum absolute atomic E-state index is 5.55. The molecule has 0 aliphatic heterocycles. The van der Waals surface area contributed by atoms with Crippen molar-refractivity contribution >= 4 is 21.6 Å². The van der Waals surface area contributed by atoms with Gasteiger partial charge < -0.3 is 4.74 Å². The zero-order chi connectivity index (χ0) is 11.8. The molecule has 0 saturated heterocycles. The molecular weight excluding hydrogens is 232 g/mol. The van der Waals surface area contributed by atoms with Gasteiger partial charge in [-0.1, -0.05) is 5.92 Å². The Morgan fingerprint density at radius 3 is 3.12 bits per heavy atom. The Bertz CT molecular complexity index is 624. The number of fused-ring (bicyclic) bond motifs is 3. The number of nitrogens with zero attached hydrogens (tertiary/aromatic N) is 2. The average molecular weight is 244 g/mol. The molecule has 0 unspecified atom stereocenters. The summed E-state index contributed by atoms with van der Waals surface area (Å²) < 4.78 is 5.55. The lowest BCUT2D eigenvalue weighted by Gasteiger charge is -2.05. The van der Waals surface area contributed by atoms with Gasteiger partial charge in [-0.25, -0.2) is 4.98 Å². The Hall–Kier alpha value is -1.60. The van der Waals surface area contributed by atoms with Gasteiger partial charge in [0.05, 0.1) is 5.39 Å². The second-order valence-electron chi connectivity index (χ2n) is 4.11. The molecule has 3 rings (SSSR count). The van der Waals surface area contributed by atoms with Gasteiger partial charge in [0.15, 0.2) is 6.61 Å². The SMILES string of the molecule is C#CCOc1nc(C)nc2sc3c(c12)CCC3. The van der Waals surface area contributed by atoms with Crippen LogP contribution in [-0.2, 0) is 12.8 Å². The zero-order valence-corrected chi connectivity index (χ0v) is 10.4. The molecule has 0 N–H and O–H groups in total. The van der Waals surface area contributed by atoms with Crippen LogP contribution in [0.4, 0.5) is 0 Å². The molecule has 3 nitrogen and oxygen atoms in total. The highest BCUT2D eigenvalue weighted by Gasteiger charge is 2.22. The van der Waals surface area contributed by atoms with E-state index in [0.717, 1.165) is 28.9 Å². The van der Waals surface area contributed by atoms with Crippen LogP contribution in [0.5, 0.6) is 5.88 Å². The summed E-state index contributed by atoms with van der Waals surface area (Å²) in [5, 5.41) is 1.09. The van der Waals surface area contributed by atoms with Crippen molar-refractivity contribution in [2.45, 2.75) is 26.2 Å². The van der Waals surface area contributed by atoms with Gasteiger partial charge in [-0.3, -0.25) is 0 Å². The maximum Gasteiger partial charge on any atom is 0.226 e. The van der Waals surface area contributed by atoms with Gasteiger partial charge in [-0.2, -0.15) is 4.98 Å². The molecule has 0 amide bonds. The maximum atomic E-state index is 5.55. The van der Waals surface area contributed by atoms with E-state index in [-0.39, 0.29) is 6.61 Å². The van der Waals surface area contributed by atoms with Crippen molar-refractivity contribution in [1.82, 2.24) is 9.97 Å². The molecule has 1 aliphatic carbocycles. The smallest absolute Gasteiger partial charge is 0.226 e. The van der Waals surface area contributed by atoms with Crippen LogP contribution in [0.3, 0.4) is 0 Å². The molecule has 0 radical (unpaired) electrons. The minimum absolute atomic E-state index is 0.260. The van der Waals surface area contributed by atoms with Gasteiger partial charge in [0.25, 0.3) is 0 Å². The van der Waals surface area contributed by atoms with Crippen LogP contribution in [-0.4, -0.2) is 16.6 Å². The number of hydrogen-bond donors (Lipinski definition) is 0. The van der Waals surface area contributed by atoms with Crippen LogP contribution in [0.2, 0.25) is 0 Å². The fourth-order valence-corrected chi connectivity index (χ4v) is 3.58. The molecule has 1 aliphatic rings. The van der Waals surface area contributed by atoms with E-state index in [0.29, 0.717) is 5.88 Å². The second kappa shape index (κ2) is 4.01. The number of ether oxygens (including phenoxy) is 1. The Kier molecular flexibility index (Phi) is 2.49. The first-order valence-corrected chi connectivity index (χ1v) is 6.46. The Morgan fingerprint density at radius 1 is 1.41 bits per heavy atom. The summed E-state index contributed by atoms with van der Waals surface area (Å²) in [4.78, 5) is 11.3. The molecule has 2 aromatic rings. The van der Waals surface area contributed by atoms with Crippen molar-refractivity contribution in [2.24, 2.45) is 0 Å². The van der Waals surface area contributed by atoms with Crippen molar-refractivity contribution in [3.63, 3.8) is 0 Å². The van der Waals surface area contributed by atoms with E-state index in [1.165, 1.54) is 16.9 Å². The summed E-state index contributed by atoms with van der Waals surface area (Å²) in [7, 11) is 0. The van der Waals surface area contributed by atoms with Crippen molar-refractivity contribution in [3.05, 3.63) is 16.3 Å². The Labute approximate surface area is 104 Å². The van der Waals surface area contributed by atoms with Crippen molar-refractivity contribution in [2.75, 3.05) is 6.61 Å². The molecule has 86 valence electrons. The van der Waals surface area contributed by atoms with Crippen LogP contribution in [0.25, 0.3) is 10.2 Å². The van der Waals surface area contributed by atoms with Gasteiger partial charge in [0.2, 0.25) is 5.88 Å². The molecule has 0 aromatic carbocycles. The molecule has 2 heterocycles. The molecule has 0 spiro atoms. The minimum atomic E-state index is 0.260. The number of thiophene rings is 1. The predicted molar refractivity (Wildman–Crippen MR) is 68.5 cm³/mol. The third-order valence-electron chi connectivity index (χ3n) is 2.94. The highest BCUT2D eigenvalue weighted by Crippen LogP contribution is 2.40. The summed E-state index contributed by atoms with van der Waals surface area (Å²) in [6, 6.07) is 0. The summed E-state index contributed by atoms with van der Waals surface area (Å²) in [5.74, 6) is 3.88. The van der Waals surface area contributed by atoms with Gasteiger partial charge in [0.1, 0.15) is 10.7 Å². The van der Waals surface area contributed by atoms with E-state index < -0.39 is 0 Å². The number of hydrogen-bond acceptors (Lipinski definition) is 4. The second-order valence-corrected chi connectivity index (χ2v) is 5.19. The monoisotopic (exact) mass is 244 g/mol. The fraction of sp³-hybridized carbons (Fsp3) is 0.385. The molecule has 0 fully saturated rings. The van der Waals surface area contributed by atoms with Gasteiger partial charge in [0, 0.05) is 4.88 Å². The lowest BCUT2D eigenvalue weighted by atomic mass is 10.2. The average Bonchev–Trinajstić information content (AvgIpc) is 2.84. The van der Waals surface area contributed by atoms with Gasteiger partial charge >= 0.3 is 0 Å². The molecular formula is C13H12N2OS. The van der Waals surface area contributed by atoms with Gasteiger partial charge in [-0.15, -0.1) is 17.8 Å². The minimum Gasteiger partial charge on any atom is -0.464 e. The summed E-state index contributed by atoms with van der Waals surface area (Å²) >= 11 is 1.77. The normalized spacial score (nSPS) is 13.6. The summed E-state index contributed by atoms with van der Waals surface area (Å²) in [5.41, 5.74) is 1.37. The Morgan fingerprint density at radius 2 is 2.29 bits per heavy atom. The van der Waals surface area contributed by atoms with Crippen molar-refractivity contribution in [3.8, 4) is 18.2 Å². The zero-order valence-electron chi connectivity index (χ0n) is 9.62. The lowest BCUT2D eigenvalue weighted by Crippen LogP contribution is -2.00. The number of aromatic nitrogens is 2. The van der Waals surface area contributed by atoms with E-state index in [2.05, 4.69) is 15.9 Å². The number of aryl methyl sites for hydroxylation is 3. The number of terminal acetylenes is 1. The Balaban J connectivity index is 2.21. The first kappa shape index (κ1) is 10.5. The van der Waals surface area contributed by atoms with Gasteiger partial charge in [-0.05, 0) is 31.7 Å². The molecule has 0 saturated carbocycles. The largest absolute Gasteiger partial charge is 0.464 e. The molecule has 2 aromatic heterocycles. The third-order valence-corrected chi connectivity index (χ3v) is 4.12. The predicted octanol–water partition coefficient (Wildman–Crippen LogP) is 2.50. The highest BCUT2D eigenvalue weighted by atomic mass is 32.1. The lowest BCUT2D eigenvalue weighted by molar-refractivity contribution is 0.359. The first-order chi connectivity index (χ1) is 8.29. The van der Waals surface area contributed by atoms with Crippen LogP contribution >= 0.6 is 11.3 Å². The van der Waals surface area contributed by atoms with Crippen LogP contribution in [0.15, 0.2) is 0 Å². The third kappa shape index (κ3) is 1.67.